The molecule has 0 heterocycles. The van der Waals surface area contributed by atoms with Crippen LogP contribution in [0.4, 0.5) is 0 Å². The fourth-order valence-electron chi connectivity index (χ4n) is 0.587. The zero-order valence-corrected chi connectivity index (χ0v) is 5.82. The highest BCUT2D eigenvalue weighted by atomic mass is 14.8. The van der Waals surface area contributed by atoms with Crippen molar-refractivity contribution in [2.24, 2.45) is 0 Å². The fraction of sp³-hybridized carbons (Fsp3) is 0.625. The molecule has 0 aromatic carbocycles. The van der Waals surface area contributed by atoms with Crippen LogP contribution in [0.15, 0.2) is 0 Å². The third-order valence-electron chi connectivity index (χ3n) is 1.08. The lowest BCUT2D eigenvalue weighted by Crippen LogP contribution is -2.14. The van der Waals surface area contributed by atoms with Gasteiger partial charge in [-0.1, -0.05) is 25.7 Å². The Balaban J connectivity index is 2.69. The van der Waals surface area contributed by atoms with E-state index in [-0.39, 0.29) is 0 Å². The molecule has 0 aliphatic carbocycles. The van der Waals surface area contributed by atoms with Crippen LogP contribution in [0.25, 0.3) is 0 Å². The van der Waals surface area contributed by atoms with Gasteiger partial charge in [0.2, 0.25) is 0 Å². The topological polar surface area (TPSA) is 12.0 Å². The van der Waals surface area contributed by atoms with E-state index in [0.29, 0.717) is 6.54 Å². The molecule has 0 saturated carbocycles. The van der Waals surface area contributed by atoms with Gasteiger partial charge in [0.05, 0.1) is 6.54 Å². The zero-order valence-electron chi connectivity index (χ0n) is 5.82. The minimum Gasteiger partial charge on any atom is -0.306 e. The molecular formula is C8H14N. The smallest absolute Gasteiger partial charge is 0.0573 e. The molecule has 1 N–H and O–H groups in total. The Labute approximate surface area is 57.8 Å². The average Bonchev–Trinajstić information content (AvgIpc) is 1.89. The van der Waals surface area contributed by atoms with Crippen LogP contribution in [0.1, 0.15) is 19.3 Å². The van der Waals surface area contributed by atoms with Crippen molar-refractivity contribution in [3.8, 4) is 12.3 Å². The summed E-state index contributed by atoms with van der Waals surface area (Å²) in [5.74, 6) is 2.52. The number of rotatable bonds is 5. The van der Waals surface area contributed by atoms with E-state index in [1.54, 1.807) is 0 Å². The maximum Gasteiger partial charge on any atom is 0.0573 e. The molecule has 0 atom stereocenters. The molecule has 1 heteroatoms. The van der Waals surface area contributed by atoms with Gasteiger partial charge in [0.15, 0.2) is 0 Å². The Morgan fingerprint density at radius 3 is 2.78 bits per heavy atom. The fourth-order valence-corrected chi connectivity index (χ4v) is 0.587. The predicted molar refractivity (Wildman–Crippen MR) is 40.9 cm³/mol. The van der Waals surface area contributed by atoms with Crippen LogP contribution in [0.2, 0.25) is 0 Å². The van der Waals surface area contributed by atoms with Gasteiger partial charge in [0.25, 0.3) is 0 Å². The summed E-state index contributed by atoms with van der Waals surface area (Å²) >= 11 is 0. The van der Waals surface area contributed by atoms with Crippen molar-refractivity contribution in [2.45, 2.75) is 19.3 Å². The second kappa shape index (κ2) is 7.52. The van der Waals surface area contributed by atoms with Crippen LogP contribution in [-0.2, 0) is 0 Å². The second-order valence-electron chi connectivity index (χ2n) is 1.94. The van der Waals surface area contributed by atoms with Crippen LogP contribution < -0.4 is 5.32 Å². The first-order valence-electron chi connectivity index (χ1n) is 3.35. The normalized spacial score (nSPS) is 8.89. The molecule has 0 aromatic rings. The molecule has 0 spiro atoms. The van der Waals surface area contributed by atoms with Crippen LogP contribution in [0.3, 0.4) is 0 Å². The maximum atomic E-state index is 5.02. The van der Waals surface area contributed by atoms with Crippen molar-refractivity contribution in [1.82, 2.24) is 5.32 Å². The van der Waals surface area contributed by atoms with Gasteiger partial charge < -0.3 is 5.32 Å². The molecule has 0 unspecified atom stereocenters. The van der Waals surface area contributed by atoms with E-state index >= 15 is 0 Å². The molecule has 0 fully saturated rings. The summed E-state index contributed by atoms with van der Waals surface area (Å²) in [5, 5.41) is 3.11. The van der Waals surface area contributed by atoms with Crippen LogP contribution >= 0.6 is 0 Å². The zero-order chi connectivity index (χ0) is 6.95. The molecule has 1 nitrogen and oxygen atoms in total. The first-order chi connectivity index (χ1) is 4.41. The summed E-state index contributed by atoms with van der Waals surface area (Å²) < 4.78 is 0. The molecule has 51 valence electrons. The van der Waals surface area contributed by atoms with E-state index < -0.39 is 0 Å². The van der Waals surface area contributed by atoms with Gasteiger partial charge in [0, 0.05) is 0 Å². The summed E-state index contributed by atoms with van der Waals surface area (Å²) in [4.78, 5) is 0. The molecule has 0 saturated heterocycles. The number of nitrogens with one attached hydrogen (secondary N) is 1. The van der Waals surface area contributed by atoms with Crippen LogP contribution in [0.5, 0.6) is 0 Å². The Hall–Kier alpha value is -0.480. The predicted octanol–water partition coefficient (Wildman–Crippen LogP) is 1.21. The van der Waals surface area contributed by atoms with E-state index in [0.717, 1.165) is 13.0 Å². The lowest BCUT2D eigenvalue weighted by Gasteiger charge is -1.96. The number of unbranched alkanes of at least 4 members (excludes halogenated alkanes) is 2. The van der Waals surface area contributed by atoms with E-state index in [2.05, 4.69) is 18.2 Å². The van der Waals surface area contributed by atoms with Crippen molar-refractivity contribution in [2.75, 3.05) is 13.1 Å². The molecule has 0 aliphatic heterocycles. The largest absolute Gasteiger partial charge is 0.306 e. The van der Waals surface area contributed by atoms with E-state index in [1.165, 1.54) is 12.8 Å². The molecule has 0 bridgehead atoms. The van der Waals surface area contributed by atoms with Gasteiger partial charge in [-0.2, -0.15) is 0 Å². The highest BCUT2D eigenvalue weighted by Crippen LogP contribution is 1.89. The van der Waals surface area contributed by atoms with Crippen LogP contribution in [-0.4, -0.2) is 13.1 Å². The molecule has 0 aromatic heterocycles. The summed E-state index contributed by atoms with van der Waals surface area (Å²) in [5.41, 5.74) is 0. The lowest BCUT2D eigenvalue weighted by atomic mass is 10.2. The second-order valence-corrected chi connectivity index (χ2v) is 1.94. The Bertz CT molecular complexity index is 81.1. The lowest BCUT2D eigenvalue weighted by molar-refractivity contribution is 0.664. The van der Waals surface area contributed by atoms with Gasteiger partial charge in [-0.3, -0.25) is 0 Å². The molecular weight excluding hydrogens is 110 g/mol. The summed E-state index contributed by atoms with van der Waals surface area (Å²) in [6.07, 6.45) is 8.42. The van der Waals surface area contributed by atoms with Gasteiger partial charge in [-0.05, 0) is 13.0 Å². The SMILES string of the molecule is C#CCNCCCC[CH2]. The molecule has 0 amide bonds. The van der Waals surface area contributed by atoms with Crippen molar-refractivity contribution in [3.63, 3.8) is 0 Å². The third kappa shape index (κ3) is 7.52. The third-order valence-corrected chi connectivity index (χ3v) is 1.08. The van der Waals surface area contributed by atoms with Crippen molar-refractivity contribution in [3.05, 3.63) is 6.92 Å². The maximum absolute atomic E-state index is 5.02. The van der Waals surface area contributed by atoms with Gasteiger partial charge in [0.1, 0.15) is 0 Å². The minimum absolute atomic E-state index is 0.692. The summed E-state index contributed by atoms with van der Waals surface area (Å²) in [6, 6.07) is 0. The highest BCUT2D eigenvalue weighted by Gasteiger charge is 1.82. The van der Waals surface area contributed by atoms with Crippen molar-refractivity contribution in [1.29, 1.82) is 0 Å². The van der Waals surface area contributed by atoms with Crippen molar-refractivity contribution < 1.29 is 0 Å². The van der Waals surface area contributed by atoms with E-state index in [9.17, 15) is 0 Å². The quantitative estimate of drug-likeness (QED) is 0.429. The first-order valence-corrected chi connectivity index (χ1v) is 3.35. The first kappa shape index (κ1) is 8.52. The van der Waals surface area contributed by atoms with Crippen molar-refractivity contribution >= 4 is 0 Å². The Morgan fingerprint density at radius 2 is 2.22 bits per heavy atom. The Kier molecular flexibility index (Phi) is 7.12. The highest BCUT2D eigenvalue weighted by molar-refractivity contribution is 4.86. The summed E-state index contributed by atoms with van der Waals surface area (Å²) in [6.45, 7) is 5.45. The standard InChI is InChI=1S/C8H14N/c1-3-5-6-8-9-7-4-2/h2,9H,1,3,5-8H2. The Morgan fingerprint density at radius 1 is 1.44 bits per heavy atom. The molecule has 9 heavy (non-hydrogen) atoms. The van der Waals surface area contributed by atoms with Gasteiger partial charge in [-0.15, -0.1) is 6.42 Å². The monoisotopic (exact) mass is 124 g/mol. The van der Waals surface area contributed by atoms with E-state index in [1.807, 2.05) is 0 Å². The number of hydrogen-bond donors (Lipinski definition) is 1. The molecule has 1 radical (unpaired) electrons. The van der Waals surface area contributed by atoms with E-state index in [4.69, 9.17) is 6.42 Å². The number of hydrogen-bond acceptors (Lipinski definition) is 1. The van der Waals surface area contributed by atoms with Gasteiger partial charge in [-0.25, -0.2) is 0 Å². The summed E-state index contributed by atoms with van der Waals surface area (Å²) in [7, 11) is 0. The van der Waals surface area contributed by atoms with Crippen LogP contribution in [0, 0.1) is 19.3 Å². The number of terminal acetylenes is 1. The average molecular weight is 124 g/mol. The van der Waals surface area contributed by atoms with Gasteiger partial charge >= 0.3 is 0 Å². The molecule has 0 aliphatic rings. The minimum atomic E-state index is 0.692. The molecule has 0 rings (SSSR count).